The van der Waals surface area contributed by atoms with E-state index < -0.39 is 0 Å². The fourth-order valence-electron chi connectivity index (χ4n) is 1.14. The molecule has 0 aliphatic carbocycles. The Balaban J connectivity index is 2.40. The monoisotopic (exact) mass is 201 g/mol. The van der Waals surface area contributed by atoms with Crippen molar-refractivity contribution >= 4 is 16.7 Å². The van der Waals surface area contributed by atoms with Crippen molar-refractivity contribution in [3.63, 3.8) is 0 Å². The maximum absolute atomic E-state index is 9.13. The summed E-state index contributed by atoms with van der Waals surface area (Å²) in [4.78, 5) is 4.17. The minimum absolute atomic E-state index is 0.229. The summed E-state index contributed by atoms with van der Waals surface area (Å²) in [5, 5.41) is 13.1. The lowest BCUT2D eigenvalue weighted by Gasteiger charge is -2.13. The predicted molar refractivity (Wildman–Crippen MR) is 54.0 cm³/mol. The van der Waals surface area contributed by atoms with E-state index >= 15 is 0 Å². The van der Waals surface area contributed by atoms with Gasteiger partial charge < -0.3 is 10.4 Å². The van der Waals surface area contributed by atoms with Crippen LogP contribution >= 0.6 is 11.5 Å². The standard InChI is InChI=1S/C8H15N3OS/c1-5(4-6(2)12)9-8-10-7(3)11-13-8/h5-6,12H,4H2,1-3H3,(H,9,10,11). The SMILES string of the molecule is Cc1nsc(NC(C)CC(C)O)n1. The molecule has 1 heterocycles. The topological polar surface area (TPSA) is 58.0 Å². The number of aliphatic hydroxyl groups is 1. The number of nitrogens with zero attached hydrogens (tertiary/aromatic N) is 2. The Morgan fingerprint density at radius 1 is 1.54 bits per heavy atom. The highest BCUT2D eigenvalue weighted by Gasteiger charge is 2.07. The van der Waals surface area contributed by atoms with Crippen molar-refractivity contribution in [3.05, 3.63) is 5.82 Å². The molecule has 0 saturated carbocycles. The summed E-state index contributed by atoms with van der Waals surface area (Å²) in [5.41, 5.74) is 0. The van der Waals surface area contributed by atoms with Gasteiger partial charge in [0.25, 0.3) is 0 Å². The first kappa shape index (κ1) is 10.4. The molecule has 0 aliphatic rings. The fraction of sp³-hybridized carbons (Fsp3) is 0.750. The molecule has 1 aromatic rings. The Bertz CT molecular complexity index is 262. The van der Waals surface area contributed by atoms with Crippen LogP contribution in [0.2, 0.25) is 0 Å². The molecular weight excluding hydrogens is 186 g/mol. The Kier molecular flexibility index (Phi) is 3.62. The van der Waals surface area contributed by atoms with Crippen molar-refractivity contribution in [1.29, 1.82) is 0 Å². The molecule has 0 radical (unpaired) electrons. The molecule has 74 valence electrons. The first-order valence-electron chi connectivity index (χ1n) is 4.33. The maximum Gasteiger partial charge on any atom is 0.202 e. The molecule has 2 atom stereocenters. The van der Waals surface area contributed by atoms with Gasteiger partial charge in [-0.15, -0.1) is 0 Å². The van der Waals surface area contributed by atoms with E-state index in [-0.39, 0.29) is 12.1 Å². The predicted octanol–water partition coefficient (Wildman–Crippen LogP) is 1.42. The van der Waals surface area contributed by atoms with Gasteiger partial charge in [-0.3, -0.25) is 0 Å². The van der Waals surface area contributed by atoms with E-state index in [1.54, 1.807) is 6.92 Å². The summed E-state index contributed by atoms with van der Waals surface area (Å²) in [6.07, 6.45) is 0.440. The van der Waals surface area contributed by atoms with Crippen LogP contribution in [-0.4, -0.2) is 26.6 Å². The van der Waals surface area contributed by atoms with Crippen LogP contribution in [0.5, 0.6) is 0 Å². The molecule has 4 nitrogen and oxygen atoms in total. The number of hydrogen-bond acceptors (Lipinski definition) is 5. The summed E-state index contributed by atoms with van der Waals surface area (Å²) in [6, 6.07) is 0.229. The molecule has 0 bridgehead atoms. The van der Waals surface area contributed by atoms with Gasteiger partial charge in [0.1, 0.15) is 5.82 Å². The average molecular weight is 201 g/mol. The van der Waals surface area contributed by atoms with Crippen LogP contribution in [-0.2, 0) is 0 Å². The summed E-state index contributed by atoms with van der Waals surface area (Å²) < 4.78 is 4.05. The third kappa shape index (κ3) is 3.69. The molecule has 0 fully saturated rings. The van der Waals surface area contributed by atoms with Crippen molar-refractivity contribution in [3.8, 4) is 0 Å². The van der Waals surface area contributed by atoms with E-state index in [4.69, 9.17) is 5.11 Å². The van der Waals surface area contributed by atoms with Crippen molar-refractivity contribution in [2.75, 3.05) is 5.32 Å². The number of aryl methyl sites for hydroxylation is 1. The van der Waals surface area contributed by atoms with Gasteiger partial charge in [0.05, 0.1) is 6.10 Å². The number of rotatable bonds is 4. The van der Waals surface area contributed by atoms with Crippen LogP contribution in [0.4, 0.5) is 5.13 Å². The van der Waals surface area contributed by atoms with Crippen LogP contribution in [0.1, 0.15) is 26.1 Å². The maximum atomic E-state index is 9.13. The van der Waals surface area contributed by atoms with E-state index in [0.29, 0.717) is 0 Å². The Morgan fingerprint density at radius 2 is 2.23 bits per heavy atom. The molecule has 0 spiro atoms. The molecule has 0 aromatic carbocycles. The molecule has 2 N–H and O–H groups in total. The van der Waals surface area contributed by atoms with Gasteiger partial charge in [-0.25, -0.2) is 4.98 Å². The van der Waals surface area contributed by atoms with Gasteiger partial charge in [0.2, 0.25) is 5.13 Å². The Labute approximate surface area is 82.2 Å². The number of nitrogens with one attached hydrogen (secondary N) is 1. The number of aromatic nitrogens is 2. The second kappa shape index (κ2) is 4.53. The zero-order valence-electron chi connectivity index (χ0n) is 8.11. The summed E-state index contributed by atoms with van der Waals surface area (Å²) in [5.74, 6) is 0.789. The van der Waals surface area contributed by atoms with Gasteiger partial charge in [-0.05, 0) is 27.2 Å². The van der Waals surface area contributed by atoms with E-state index in [2.05, 4.69) is 14.7 Å². The molecular formula is C8H15N3OS. The lowest BCUT2D eigenvalue weighted by molar-refractivity contribution is 0.179. The highest BCUT2D eigenvalue weighted by molar-refractivity contribution is 7.09. The quantitative estimate of drug-likeness (QED) is 0.773. The fourth-order valence-corrected chi connectivity index (χ4v) is 1.82. The highest BCUT2D eigenvalue weighted by Crippen LogP contribution is 2.13. The van der Waals surface area contributed by atoms with E-state index in [1.165, 1.54) is 11.5 Å². The molecule has 5 heteroatoms. The van der Waals surface area contributed by atoms with Crippen LogP contribution in [0.25, 0.3) is 0 Å². The van der Waals surface area contributed by atoms with Crippen molar-refractivity contribution in [1.82, 2.24) is 9.36 Å². The molecule has 1 aromatic heterocycles. The minimum atomic E-state index is -0.281. The zero-order valence-corrected chi connectivity index (χ0v) is 8.93. The van der Waals surface area contributed by atoms with Crippen LogP contribution in [0.15, 0.2) is 0 Å². The Hall–Kier alpha value is -0.680. The first-order valence-corrected chi connectivity index (χ1v) is 5.10. The number of aliphatic hydroxyl groups excluding tert-OH is 1. The third-order valence-electron chi connectivity index (χ3n) is 1.59. The lowest BCUT2D eigenvalue weighted by Crippen LogP contribution is -2.20. The smallest absolute Gasteiger partial charge is 0.202 e. The number of hydrogen-bond donors (Lipinski definition) is 2. The normalized spacial score (nSPS) is 15.4. The largest absolute Gasteiger partial charge is 0.393 e. The molecule has 0 aliphatic heterocycles. The van der Waals surface area contributed by atoms with Crippen LogP contribution < -0.4 is 5.32 Å². The highest BCUT2D eigenvalue weighted by atomic mass is 32.1. The van der Waals surface area contributed by atoms with Gasteiger partial charge in [-0.2, -0.15) is 4.37 Å². The van der Waals surface area contributed by atoms with Crippen molar-refractivity contribution in [2.24, 2.45) is 0 Å². The van der Waals surface area contributed by atoms with Crippen molar-refractivity contribution in [2.45, 2.75) is 39.3 Å². The van der Waals surface area contributed by atoms with Gasteiger partial charge in [-0.1, -0.05) is 0 Å². The van der Waals surface area contributed by atoms with Crippen LogP contribution in [0, 0.1) is 6.92 Å². The van der Waals surface area contributed by atoms with E-state index in [1.807, 2.05) is 13.8 Å². The molecule has 0 saturated heterocycles. The van der Waals surface area contributed by atoms with Gasteiger partial charge in [0.15, 0.2) is 0 Å². The minimum Gasteiger partial charge on any atom is -0.393 e. The second-order valence-electron chi connectivity index (χ2n) is 3.28. The van der Waals surface area contributed by atoms with Gasteiger partial charge >= 0.3 is 0 Å². The third-order valence-corrected chi connectivity index (χ3v) is 2.33. The van der Waals surface area contributed by atoms with Gasteiger partial charge in [0, 0.05) is 17.6 Å². The molecule has 2 unspecified atom stereocenters. The van der Waals surface area contributed by atoms with Crippen molar-refractivity contribution < 1.29 is 5.11 Å². The Morgan fingerprint density at radius 3 is 2.69 bits per heavy atom. The van der Waals surface area contributed by atoms with Crippen LogP contribution in [0.3, 0.4) is 0 Å². The molecule has 1 rings (SSSR count). The lowest BCUT2D eigenvalue weighted by atomic mass is 10.2. The zero-order chi connectivity index (χ0) is 9.84. The first-order chi connectivity index (χ1) is 6.08. The molecule has 0 amide bonds. The number of anilines is 1. The molecule has 13 heavy (non-hydrogen) atoms. The second-order valence-corrected chi connectivity index (χ2v) is 4.03. The van der Waals surface area contributed by atoms with E-state index in [9.17, 15) is 0 Å². The summed E-state index contributed by atoms with van der Waals surface area (Å²) in [7, 11) is 0. The summed E-state index contributed by atoms with van der Waals surface area (Å²) >= 11 is 1.35. The summed E-state index contributed by atoms with van der Waals surface area (Å²) in [6.45, 7) is 5.66. The van der Waals surface area contributed by atoms with E-state index in [0.717, 1.165) is 17.4 Å². The average Bonchev–Trinajstić information content (AvgIpc) is 2.33.